The molecule has 160 valence electrons. The van der Waals surface area contributed by atoms with Crippen molar-refractivity contribution in [2.45, 2.75) is 11.4 Å². The molecule has 14 heteroatoms. The molecule has 0 radical (unpaired) electrons. The van der Waals surface area contributed by atoms with Gasteiger partial charge in [-0.15, -0.1) is 0 Å². The number of amides is 3. The number of primary amides is 1. The summed E-state index contributed by atoms with van der Waals surface area (Å²) in [7, 11) is 1.20. The second-order valence-corrected chi connectivity index (χ2v) is 6.11. The number of hydrogen-bond acceptors (Lipinski definition) is 10. The molecule has 1 aromatic heterocycles. The summed E-state index contributed by atoms with van der Waals surface area (Å²) in [5, 5.41) is 14.1. The first-order chi connectivity index (χ1) is 14.2. The van der Waals surface area contributed by atoms with E-state index in [2.05, 4.69) is 32.7 Å². The number of nitrogens with one attached hydrogen (secondary N) is 1. The van der Waals surface area contributed by atoms with Crippen LogP contribution in [0.5, 0.6) is 0 Å². The highest BCUT2D eigenvalue weighted by Crippen LogP contribution is 2.30. The van der Waals surface area contributed by atoms with E-state index in [1.807, 2.05) is 0 Å². The van der Waals surface area contributed by atoms with Crippen molar-refractivity contribution in [2.24, 2.45) is 10.9 Å². The number of thiol groups is 1. The number of nitrogens with zero attached hydrogens (tertiary/aromatic N) is 2. The van der Waals surface area contributed by atoms with Crippen LogP contribution in [0.3, 0.4) is 0 Å². The molecule has 0 aromatic carbocycles. The smallest absolute Gasteiger partial charge is 0.404 e. The molecule has 2 atom stereocenters. The van der Waals surface area contributed by atoms with E-state index in [-0.39, 0.29) is 17.8 Å². The largest absolute Gasteiger partial charge is 0.477 e. The quantitative estimate of drug-likeness (QED) is 0.0916. The van der Waals surface area contributed by atoms with E-state index in [4.69, 9.17) is 10.2 Å². The molecule has 1 aliphatic rings. The number of carbonyl (C=O) groups excluding carboxylic acids is 4. The van der Waals surface area contributed by atoms with E-state index in [1.165, 1.54) is 25.5 Å². The number of ether oxygens (including phenoxy) is 1. The summed E-state index contributed by atoms with van der Waals surface area (Å²) in [6, 6.07) is 1.69. The highest BCUT2D eigenvalue weighted by atomic mass is 32.1. The minimum atomic E-state index is -1.65. The summed E-state index contributed by atoms with van der Waals surface area (Å²) < 4.78 is 9.50. The number of hydrogen-bond donors (Lipinski definition) is 4. The fourth-order valence-electron chi connectivity index (χ4n) is 2.47. The molecule has 1 fully saturated rings. The molecule has 0 aliphatic carbocycles. The number of carboxylic acids is 1. The van der Waals surface area contributed by atoms with Crippen LogP contribution in [0.25, 0.3) is 0 Å². The van der Waals surface area contributed by atoms with Gasteiger partial charge < -0.3 is 30.1 Å². The normalized spacial score (nSPS) is 19.3. The maximum atomic E-state index is 12.5. The first-order valence-corrected chi connectivity index (χ1v) is 8.55. The third-order valence-electron chi connectivity index (χ3n) is 3.76. The zero-order chi connectivity index (χ0) is 22.4. The second kappa shape index (κ2) is 9.60. The van der Waals surface area contributed by atoms with Crippen LogP contribution in [0.15, 0.2) is 39.2 Å². The van der Waals surface area contributed by atoms with Crippen LogP contribution in [0, 0.1) is 0 Å². The van der Waals surface area contributed by atoms with E-state index < -0.39 is 53.2 Å². The van der Waals surface area contributed by atoms with Gasteiger partial charge in [-0.3, -0.25) is 19.3 Å². The number of oxime groups is 1. The fourth-order valence-corrected chi connectivity index (χ4v) is 2.90. The number of carbonyl (C=O) groups is 5. The lowest BCUT2D eigenvalue weighted by molar-refractivity contribution is -0.150. The summed E-state index contributed by atoms with van der Waals surface area (Å²) in [4.78, 5) is 63.8. The average Bonchev–Trinajstić information content (AvgIpc) is 3.23. The van der Waals surface area contributed by atoms with Crippen molar-refractivity contribution in [1.29, 1.82) is 0 Å². The van der Waals surface area contributed by atoms with Crippen LogP contribution >= 0.6 is 12.6 Å². The van der Waals surface area contributed by atoms with Crippen LogP contribution in [0.1, 0.15) is 5.76 Å². The average molecular weight is 440 g/mol. The Hall–Kier alpha value is -3.81. The van der Waals surface area contributed by atoms with Crippen molar-refractivity contribution >= 4 is 48.5 Å². The number of aliphatic carboxylic acids is 1. The molecule has 2 heterocycles. The van der Waals surface area contributed by atoms with Gasteiger partial charge in [0.15, 0.2) is 12.0 Å². The Morgan fingerprint density at radius 2 is 2.17 bits per heavy atom. The third kappa shape index (κ3) is 4.60. The van der Waals surface area contributed by atoms with E-state index in [9.17, 15) is 29.1 Å². The van der Waals surface area contributed by atoms with Crippen LogP contribution in [-0.2, 0) is 28.8 Å². The Bertz CT molecular complexity index is 925. The van der Waals surface area contributed by atoms with E-state index in [0.717, 1.165) is 0 Å². The van der Waals surface area contributed by atoms with Crippen molar-refractivity contribution in [1.82, 2.24) is 10.2 Å². The summed E-state index contributed by atoms with van der Waals surface area (Å²) in [6.45, 7) is -0.773. The van der Waals surface area contributed by atoms with E-state index in [1.54, 1.807) is 0 Å². The molecule has 4 N–H and O–H groups in total. The molecular weight excluding hydrogens is 424 g/mol. The number of nitrogens with two attached hydrogens (primary N) is 1. The van der Waals surface area contributed by atoms with Crippen molar-refractivity contribution in [2.75, 3.05) is 13.7 Å². The molecule has 1 saturated heterocycles. The maximum absolute atomic E-state index is 12.5. The summed E-state index contributed by atoms with van der Waals surface area (Å²) in [5.74, 6) is -3.32. The van der Waals surface area contributed by atoms with Crippen LogP contribution < -0.4 is 11.1 Å². The van der Waals surface area contributed by atoms with Gasteiger partial charge in [0.2, 0.25) is 5.71 Å². The van der Waals surface area contributed by atoms with Gasteiger partial charge in [0, 0.05) is 0 Å². The number of likely N-dealkylation sites (tertiary alicyclic amines) is 1. The van der Waals surface area contributed by atoms with Crippen LogP contribution in [0.2, 0.25) is 0 Å². The Balaban J connectivity index is 2.22. The molecule has 0 saturated carbocycles. The predicted molar refractivity (Wildman–Crippen MR) is 100 cm³/mol. The first-order valence-electron chi connectivity index (χ1n) is 8.03. The van der Waals surface area contributed by atoms with Gasteiger partial charge in [-0.1, -0.05) is 5.16 Å². The molecule has 0 unspecified atom stereocenters. The molecule has 13 nitrogen and oxygen atoms in total. The number of carboxylic acid groups (broad SMARTS) is 1. The minimum Gasteiger partial charge on any atom is -0.477 e. The monoisotopic (exact) mass is 440 g/mol. The van der Waals surface area contributed by atoms with E-state index in [0.29, 0.717) is 4.90 Å². The number of aldehydes is 1. The van der Waals surface area contributed by atoms with E-state index >= 15 is 0 Å². The van der Waals surface area contributed by atoms with Gasteiger partial charge in [0.05, 0.1) is 11.8 Å². The first kappa shape index (κ1) is 22.5. The predicted octanol–water partition coefficient (Wildman–Crippen LogP) is -1.15. The van der Waals surface area contributed by atoms with Crippen molar-refractivity contribution in [3.8, 4) is 0 Å². The topological polar surface area (TPSA) is 191 Å². The Labute approximate surface area is 173 Å². The lowest BCUT2D eigenvalue weighted by Gasteiger charge is -2.44. The molecule has 1 aliphatic heterocycles. The number of rotatable bonds is 9. The van der Waals surface area contributed by atoms with Gasteiger partial charge in [0.1, 0.15) is 30.8 Å². The van der Waals surface area contributed by atoms with Crippen molar-refractivity contribution < 1.29 is 43.1 Å². The molecule has 0 spiro atoms. The Kier molecular flexibility index (Phi) is 7.19. The van der Waals surface area contributed by atoms with Crippen molar-refractivity contribution in [3.05, 3.63) is 35.4 Å². The van der Waals surface area contributed by atoms with Gasteiger partial charge in [-0.2, -0.15) is 12.6 Å². The Morgan fingerprint density at radius 3 is 2.63 bits per heavy atom. The Morgan fingerprint density at radius 1 is 1.47 bits per heavy atom. The summed E-state index contributed by atoms with van der Waals surface area (Å²) >= 11 is 4.13. The third-order valence-corrected chi connectivity index (χ3v) is 4.29. The number of β-lactam (4-membered cyclic amide) rings is 1. The van der Waals surface area contributed by atoms with Crippen molar-refractivity contribution in [3.63, 3.8) is 0 Å². The number of furan rings is 1. The highest BCUT2D eigenvalue weighted by molar-refractivity contribution is 7.81. The van der Waals surface area contributed by atoms with Gasteiger partial charge in [-0.05, 0) is 12.1 Å². The molecule has 1 aromatic rings. The highest BCUT2D eigenvalue weighted by Gasteiger charge is 2.50. The lowest BCUT2D eigenvalue weighted by atomic mass is 10.0. The summed E-state index contributed by atoms with van der Waals surface area (Å²) in [5.41, 5.74) is 3.23. The molecule has 30 heavy (non-hydrogen) atoms. The summed E-state index contributed by atoms with van der Waals surface area (Å²) in [6.07, 6.45) is 0.154. The van der Waals surface area contributed by atoms with Crippen LogP contribution in [-0.4, -0.2) is 71.0 Å². The molecule has 3 amide bonds. The molecular formula is C16H16N4O9S. The fraction of sp³-hybridized carbons (Fsp3) is 0.250. The SMILES string of the molecule is CO/N=C(\C(=O)N[C@@H]1C(=O)N(C(C(=O)O)=C(C=O)COC(N)=O)[C@@H]1S)c1ccco1. The standard InChI is InChI=1S/C16H16N4O9S/c1-27-19-9(8-3-2-4-28-8)12(22)18-10-13(23)20(14(10)30)11(15(24)25)7(5-21)6-29-16(17)26/h2-5,10,14,30H,6H2,1H3,(H2,17,26)(H,18,22)(H,24,25)/b11-7?,19-9-/t10-,14-/m1/s1. The molecule has 0 bridgehead atoms. The second-order valence-electron chi connectivity index (χ2n) is 5.58. The van der Waals surface area contributed by atoms with Crippen LogP contribution in [0.4, 0.5) is 4.79 Å². The lowest BCUT2D eigenvalue weighted by Crippen LogP contribution is -2.69. The van der Waals surface area contributed by atoms with Gasteiger partial charge >= 0.3 is 12.1 Å². The minimum absolute atomic E-state index is 0.0617. The maximum Gasteiger partial charge on any atom is 0.404 e. The zero-order valence-electron chi connectivity index (χ0n) is 15.3. The molecule has 2 rings (SSSR count). The van der Waals surface area contributed by atoms with Gasteiger partial charge in [0.25, 0.3) is 11.8 Å². The zero-order valence-corrected chi connectivity index (χ0v) is 16.2. The van der Waals surface area contributed by atoms with Gasteiger partial charge in [-0.25, -0.2) is 9.59 Å².